The minimum Gasteiger partial charge on any atom is -0.508 e. The zero-order valence-electron chi connectivity index (χ0n) is 27.2. The van der Waals surface area contributed by atoms with Gasteiger partial charge in [-0.15, -0.1) is 0 Å². The third-order valence-electron chi connectivity index (χ3n) is 8.03. The number of rotatable bonds is 18. The number of carboxylic acids is 1. The van der Waals surface area contributed by atoms with E-state index in [1.54, 1.807) is 6.92 Å². The van der Waals surface area contributed by atoms with Gasteiger partial charge in [0.1, 0.15) is 36.0 Å². The smallest absolute Gasteiger partial charge is 0.303 e. The summed E-state index contributed by atoms with van der Waals surface area (Å²) >= 11 is 0. The van der Waals surface area contributed by atoms with Crippen LogP contribution in [0.3, 0.4) is 0 Å². The van der Waals surface area contributed by atoms with Gasteiger partial charge in [-0.05, 0) is 42.9 Å². The topological polar surface area (TPSA) is 280 Å². The number of nitrogens with one attached hydrogen (secondary N) is 4. The number of hydrogen-bond donors (Lipinski definition) is 8. The molecule has 0 spiro atoms. The second kappa shape index (κ2) is 18.2. The van der Waals surface area contributed by atoms with Crippen LogP contribution in [0.1, 0.15) is 64.9 Å². The van der Waals surface area contributed by atoms with E-state index >= 15 is 0 Å². The van der Waals surface area contributed by atoms with Crippen LogP contribution in [0.5, 0.6) is 5.75 Å². The number of nitrogens with zero attached hydrogens (tertiary/aromatic N) is 1. The summed E-state index contributed by atoms with van der Waals surface area (Å²) in [6, 6.07) is -0.513. The van der Waals surface area contributed by atoms with E-state index in [1.807, 2.05) is 6.92 Å². The monoisotopic (exact) mass is 675 g/mol. The maximum atomic E-state index is 14.0. The Morgan fingerprint density at radius 3 is 2.06 bits per heavy atom. The first-order chi connectivity index (χ1) is 22.5. The van der Waals surface area contributed by atoms with Gasteiger partial charge < -0.3 is 47.8 Å². The molecule has 1 aromatic carbocycles. The fourth-order valence-corrected chi connectivity index (χ4v) is 5.29. The molecule has 48 heavy (non-hydrogen) atoms. The molecule has 7 amide bonds. The van der Waals surface area contributed by atoms with Crippen molar-refractivity contribution in [1.82, 2.24) is 26.2 Å². The van der Waals surface area contributed by atoms with Crippen LogP contribution in [0.2, 0.25) is 0 Å². The molecule has 1 saturated heterocycles. The summed E-state index contributed by atoms with van der Waals surface area (Å²) in [5.41, 5.74) is 11.4. The maximum Gasteiger partial charge on any atom is 0.303 e. The minimum absolute atomic E-state index is 0.0480. The van der Waals surface area contributed by atoms with Crippen molar-refractivity contribution in [3.63, 3.8) is 0 Å². The highest BCUT2D eigenvalue weighted by Gasteiger charge is 2.40. The van der Waals surface area contributed by atoms with Crippen molar-refractivity contribution in [2.75, 3.05) is 6.54 Å². The molecule has 264 valence electrons. The number of primary amides is 2. The van der Waals surface area contributed by atoms with Crippen LogP contribution in [-0.2, 0) is 44.8 Å². The third-order valence-corrected chi connectivity index (χ3v) is 8.03. The number of carbonyl (C=O) groups is 8. The van der Waals surface area contributed by atoms with E-state index in [2.05, 4.69) is 21.3 Å². The van der Waals surface area contributed by atoms with E-state index < -0.39 is 90.4 Å². The molecule has 10 N–H and O–H groups in total. The quantitative estimate of drug-likeness (QED) is 0.0860. The molecule has 0 radical (unpaired) electrons. The van der Waals surface area contributed by atoms with Crippen LogP contribution < -0.4 is 32.7 Å². The first-order valence-corrected chi connectivity index (χ1v) is 15.6. The third kappa shape index (κ3) is 11.9. The van der Waals surface area contributed by atoms with Crippen molar-refractivity contribution >= 4 is 47.3 Å². The number of amides is 7. The largest absolute Gasteiger partial charge is 0.508 e. The fraction of sp³-hybridized carbons (Fsp3) is 0.548. The number of hydrogen-bond acceptors (Lipinski definition) is 9. The van der Waals surface area contributed by atoms with E-state index in [9.17, 15) is 43.5 Å². The molecule has 17 nitrogen and oxygen atoms in total. The second-order valence-electron chi connectivity index (χ2n) is 11.8. The van der Waals surface area contributed by atoms with Crippen molar-refractivity contribution in [2.45, 2.75) is 95.9 Å². The van der Waals surface area contributed by atoms with Crippen LogP contribution in [0.15, 0.2) is 24.3 Å². The standard InChI is InChI=1S/C31H45N7O10/c1-4-16(2)26(27(33)44)37-30(47)23-6-5-13-38(23)31(48)22(14-18-7-9-19(40)10-8-18)36-29(46)21(15-24(32)41)35-28(45)20(34-17(3)39)11-12-25(42)43/h7-10,16,20-23,26,40H,4-6,11-15H2,1-3H3,(H2,32,41)(H2,33,44)(H,34,39)(H,35,45)(H,36,46)(H,37,47)(H,42,43)/t16?,20-,21-,22-,23-,26-/m0/s1. The molecule has 1 aliphatic heterocycles. The maximum absolute atomic E-state index is 14.0. The Bertz CT molecular complexity index is 1370. The van der Waals surface area contributed by atoms with E-state index in [4.69, 9.17) is 16.6 Å². The lowest BCUT2D eigenvalue weighted by Crippen LogP contribution is -2.60. The average molecular weight is 676 g/mol. The summed E-state index contributed by atoms with van der Waals surface area (Å²) < 4.78 is 0. The van der Waals surface area contributed by atoms with Gasteiger partial charge in [-0.25, -0.2) is 0 Å². The molecule has 1 fully saturated rings. The molecule has 0 aliphatic carbocycles. The highest BCUT2D eigenvalue weighted by atomic mass is 16.4. The predicted molar refractivity (Wildman–Crippen MR) is 169 cm³/mol. The number of benzene rings is 1. The van der Waals surface area contributed by atoms with Crippen LogP contribution >= 0.6 is 0 Å². The molecule has 6 atom stereocenters. The van der Waals surface area contributed by atoms with Crippen LogP contribution in [0, 0.1) is 5.92 Å². The SMILES string of the molecule is CCC(C)[C@H](NC(=O)[C@@H]1CCCN1C(=O)[C@H](Cc1ccc(O)cc1)NC(=O)[C@H](CC(N)=O)NC(=O)[C@H](CCC(=O)O)NC(C)=O)C(N)=O. The van der Waals surface area contributed by atoms with Crippen LogP contribution in [0.4, 0.5) is 0 Å². The molecule has 1 unspecified atom stereocenters. The molecule has 0 bridgehead atoms. The van der Waals surface area contributed by atoms with Gasteiger partial charge >= 0.3 is 5.97 Å². The van der Waals surface area contributed by atoms with Gasteiger partial charge in [0.15, 0.2) is 0 Å². The summed E-state index contributed by atoms with van der Waals surface area (Å²) in [4.78, 5) is 102. The van der Waals surface area contributed by atoms with E-state index in [-0.39, 0.29) is 37.5 Å². The summed E-state index contributed by atoms with van der Waals surface area (Å²) in [7, 11) is 0. The fourth-order valence-electron chi connectivity index (χ4n) is 5.29. The highest BCUT2D eigenvalue weighted by molar-refractivity contribution is 5.98. The zero-order valence-corrected chi connectivity index (χ0v) is 27.2. The normalized spacial score (nSPS) is 17.1. The summed E-state index contributed by atoms with van der Waals surface area (Å²) in [6.45, 7) is 4.84. The van der Waals surface area contributed by atoms with Gasteiger partial charge in [0.25, 0.3) is 0 Å². The number of phenolic OH excluding ortho intramolecular Hbond substituents is 1. The molecule has 1 heterocycles. The van der Waals surface area contributed by atoms with Gasteiger partial charge in [0.05, 0.1) is 6.42 Å². The summed E-state index contributed by atoms with van der Waals surface area (Å²) in [5.74, 6) is -7.14. The number of carbonyl (C=O) groups excluding carboxylic acids is 7. The molecule has 1 aromatic rings. The molecule has 0 saturated carbocycles. The van der Waals surface area contributed by atoms with E-state index in [0.29, 0.717) is 18.4 Å². The Kier molecular flexibility index (Phi) is 14.8. The highest BCUT2D eigenvalue weighted by Crippen LogP contribution is 2.21. The number of aliphatic carboxylic acids is 1. The number of nitrogens with two attached hydrogens (primary N) is 2. The van der Waals surface area contributed by atoms with Crippen molar-refractivity contribution in [2.24, 2.45) is 17.4 Å². The Morgan fingerprint density at radius 1 is 0.917 bits per heavy atom. The predicted octanol–water partition coefficient (Wildman–Crippen LogP) is -1.84. The summed E-state index contributed by atoms with van der Waals surface area (Å²) in [5, 5.41) is 28.6. The Hall–Kier alpha value is -5.22. The molecule has 1 aliphatic rings. The van der Waals surface area contributed by atoms with E-state index in [0.717, 1.165) is 6.92 Å². The minimum atomic E-state index is -1.63. The lowest BCUT2D eigenvalue weighted by molar-refractivity contribution is -0.142. The lowest BCUT2D eigenvalue weighted by Gasteiger charge is -2.31. The van der Waals surface area contributed by atoms with Crippen molar-refractivity contribution in [1.29, 1.82) is 0 Å². The molecule has 2 rings (SSSR count). The number of likely N-dealkylation sites (tertiary alicyclic amines) is 1. The first-order valence-electron chi connectivity index (χ1n) is 15.6. The lowest BCUT2D eigenvalue weighted by atomic mass is 9.98. The van der Waals surface area contributed by atoms with Gasteiger partial charge in [-0.1, -0.05) is 32.4 Å². The van der Waals surface area contributed by atoms with Gasteiger partial charge in [-0.2, -0.15) is 0 Å². The summed E-state index contributed by atoms with van der Waals surface area (Å²) in [6.07, 6.45) is -0.384. The Morgan fingerprint density at radius 2 is 1.52 bits per heavy atom. The van der Waals surface area contributed by atoms with Gasteiger partial charge in [0, 0.05) is 26.3 Å². The number of carboxylic acid groups (broad SMARTS) is 1. The average Bonchev–Trinajstić information content (AvgIpc) is 3.51. The first kappa shape index (κ1) is 39.0. The Labute approximate surface area is 277 Å². The number of aromatic hydroxyl groups is 1. The van der Waals surface area contributed by atoms with E-state index in [1.165, 1.54) is 29.2 Å². The van der Waals surface area contributed by atoms with Crippen LogP contribution in [-0.4, -0.2) is 99.2 Å². The van der Waals surface area contributed by atoms with Crippen molar-refractivity contribution in [3.05, 3.63) is 29.8 Å². The molecule has 17 heteroatoms. The van der Waals surface area contributed by atoms with Crippen molar-refractivity contribution in [3.8, 4) is 5.75 Å². The zero-order chi connectivity index (χ0) is 36.1. The molecular formula is C31H45N7O10. The van der Waals surface area contributed by atoms with Gasteiger partial charge in [0.2, 0.25) is 41.4 Å². The second-order valence-corrected chi connectivity index (χ2v) is 11.8. The van der Waals surface area contributed by atoms with Crippen molar-refractivity contribution < 1.29 is 48.6 Å². The van der Waals surface area contributed by atoms with Gasteiger partial charge in [-0.3, -0.25) is 38.4 Å². The number of phenols is 1. The molecule has 0 aromatic heterocycles. The Balaban J connectivity index is 2.37. The molecular weight excluding hydrogens is 630 g/mol. The van der Waals surface area contributed by atoms with Crippen LogP contribution in [0.25, 0.3) is 0 Å².